The fourth-order valence-electron chi connectivity index (χ4n) is 3.01. The Balaban J connectivity index is 1.74. The summed E-state index contributed by atoms with van der Waals surface area (Å²) in [5.74, 6) is -1.14. The van der Waals surface area contributed by atoms with Gasteiger partial charge in [-0.15, -0.1) is 0 Å². The molecule has 0 saturated heterocycles. The molecule has 1 aliphatic rings. The number of rotatable bonds is 3. The van der Waals surface area contributed by atoms with Gasteiger partial charge in [-0.2, -0.15) is 0 Å². The highest BCUT2D eigenvalue weighted by Crippen LogP contribution is 2.27. The lowest BCUT2D eigenvalue weighted by atomic mass is 10.1. The van der Waals surface area contributed by atoms with Crippen molar-refractivity contribution in [3.8, 4) is 0 Å². The number of amides is 1. The lowest BCUT2D eigenvalue weighted by Crippen LogP contribution is -2.33. The molecule has 0 unspecified atom stereocenters. The van der Waals surface area contributed by atoms with E-state index in [1.165, 1.54) is 0 Å². The maximum absolute atomic E-state index is 12.3. The first-order chi connectivity index (χ1) is 10.4. The number of hydrogen-bond acceptors (Lipinski definition) is 3. The van der Waals surface area contributed by atoms with Crippen LogP contribution in [0.5, 0.6) is 0 Å². The van der Waals surface area contributed by atoms with E-state index >= 15 is 0 Å². The zero-order chi connectivity index (χ0) is 15.9. The summed E-state index contributed by atoms with van der Waals surface area (Å²) < 4.78 is 5.62. The molecule has 2 N–H and O–H groups in total. The van der Waals surface area contributed by atoms with Gasteiger partial charge >= 0.3 is 5.97 Å². The van der Waals surface area contributed by atoms with Crippen molar-refractivity contribution in [3.63, 3.8) is 0 Å². The van der Waals surface area contributed by atoms with Gasteiger partial charge in [-0.25, -0.2) is 0 Å². The summed E-state index contributed by atoms with van der Waals surface area (Å²) in [5, 5.41) is 12.8. The fourth-order valence-corrected chi connectivity index (χ4v) is 3.01. The number of fused-ring (bicyclic) bond motifs is 1. The van der Waals surface area contributed by atoms with Gasteiger partial charge in [0, 0.05) is 11.4 Å². The molecule has 5 heteroatoms. The SMILES string of the molecule is Cc1cc2cc(C(=O)N[C@@H]3CC[C@H](C(=O)O)C3)oc2cc1C. The standard InChI is InChI=1S/C17H19NO4/c1-9-5-12-8-15(22-14(12)6-10(9)2)16(19)18-13-4-3-11(7-13)17(20)21/h5-6,8,11,13H,3-4,7H2,1-2H3,(H,18,19)(H,20,21)/t11-,13+/m0/s1. The van der Waals surface area contributed by atoms with Crippen molar-refractivity contribution in [1.29, 1.82) is 0 Å². The molecule has 1 aromatic carbocycles. The van der Waals surface area contributed by atoms with Crippen LogP contribution in [0.25, 0.3) is 11.0 Å². The summed E-state index contributed by atoms with van der Waals surface area (Å²) in [6.07, 6.45) is 1.79. The molecule has 1 aromatic heterocycles. The lowest BCUT2D eigenvalue weighted by Gasteiger charge is -2.10. The van der Waals surface area contributed by atoms with Crippen LogP contribution in [0.15, 0.2) is 22.6 Å². The number of nitrogens with one attached hydrogen (secondary N) is 1. The molecular weight excluding hydrogens is 282 g/mol. The molecule has 1 aliphatic carbocycles. The van der Waals surface area contributed by atoms with Crippen molar-refractivity contribution in [2.75, 3.05) is 0 Å². The van der Waals surface area contributed by atoms with Crippen molar-refractivity contribution in [2.45, 2.75) is 39.2 Å². The van der Waals surface area contributed by atoms with Gasteiger partial charge in [-0.3, -0.25) is 9.59 Å². The van der Waals surface area contributed by atoms with Crippen LogP contribution in [0.2, 0.25) is 0 Å². The van der Waals surface area contributed by atoms with Crippen LogP contribution >= 0.6 is 0 Å². The third-order valence-corrected chi connectivity index (χ3v) is 4.47. The Kier molecular flexibility index (Phi) is 3.64. The third-order valence-electron chi connectivity index (χ3n) is 4.47. The number of carboxylic acid groups (broad SMARTS) is 1. The number of aliphatic carboxylic acids is 1. The van der Waals surface area contributed by atoms with Crippen molar-refractivity contribution < 1.29 is 19.1 Å². The largest absolute Gasteiger partial charge is 0.481 e. The molecule has 1 saturated carbocycles. The Morgan fingerprint density at radius 1 is 1.18 bits per heavy atom. The molecule has 5 nitrogen and oxygen atoms in total. The first kappa shape index (κ1) is 14.6. The monoisotopic (exact) mass is 301 g/mol. The molecule has 2 aromatic rings. The molecule has 1 heterocycles. The molecule has 1 fully saturated rings. The Hall–Kier alpha value is -2.30. The van der Waals surface area contributed by atoms with E-state index in [0.29, 0.717) is 24.8 Å². The van der Waals surface area contributed by atoms with Crippen LogP contribution in [0.4, 0.5) is 0 Å². The van der Waals surface area contributed by atoms with Gasteiger partial charge in [0.2, 0.25) is 0 Å². The molecule has 0 aliphatic heterocycles. The predicted octanol–water partition coefficient (Wildman–Crippen LogP) is 3.03. The van der Waals surface area contributed by atoms with Gasteiger partial charge in [0.15, 0.2) is 5.76 Å². The molecule has 2 atom stereocenters. The van der Waals surface area contributed by atoms with Crippen molar-refractivity contribution in [2.24, 2.45) is 5.92 Å². The van der Waals surface area contributed by atoms with Gasteiger partial charge in [0.1, 0.15) is 5.58 Å². The Bertz CT molecular complexity index is 707. The second-order valence-electron chi connectivity index (χ2n) is 6.10. The third kappa shape index (κ3) is 2.71. The molecule has 116 valence electrons. The van der Waals surface area contributed by atoms with Crippen LogP contribution in [-0.4, -0.2) is 23.0 Å². The number of furan rings is 1. The van der Waals surface area contributed by atoms with E-state index < -0.39 is 5.97 Å². The molecule has 0 bridgehead atoms. The average Bonchev–Trinajstić information content (AvgIpc) is 3.06. The van der Waals surface area contributed by atoms with Gasteiger partial charge < -0.3 is 14.8 Å². The number of benzene rings is 1. The molecule has 3 rings (SSSR count). The minimum atomic E-state index is -0.786. The van der Waals surface area contributed by atoms with E-state index in [2.05, 4.69) is 5.32 Å². The number of hydrogen-bond donors (Lipinski definition) is 2. The highest BCUT2D eigenvalue weighted by atomic mass is 16.4. The highest BCUT2D eigenvalue weighted by Gasteiger charge is 2.31. The maximum Gasteiger partial charge on any atom is 0.306 e. The normalized spacial score (nSPS) is 21.2. The van der Waals surface area contributed by atoms with Gasteiger partial charge in [0.05, 0.1) is 5.92 Å². The van der Waals surface area contributed by atoms with E-state index in [0.717, 1.165) is 16.5 Å². The molecule has 0 radical (unpaired) electrons. The van der Waals surface area contributed by atoms with E-state index in [1.54, 1.807) is 6.07 Å². The minimum absolute atomic E-state index is 0.0923. The summed E-state index contributed by atoms with van der Waals surface area (Å²) in [4.78, 5) is 23.2. The summed E-state index contributed by atoms with van der Waals surface area (Å²) in [7, 11) is 0. The van der Waals surface area contributed by atoms with E-state index in [9.17, 15) is 9.59 Å². The minimum Gasteiger partial charge on any atom is -0.481 e. The lowest BCUT2D eigenvalue weighted by molar-refractivity contribution is -0.141. The first-order valence-electron chi connectivity index (χ1n) is 7.48. The van der Waals surface area contributed by atoms with Crippen LogP contribution in [0.3, 0.4) is 0 Å². The maximum atomic E-state index is 12.3. The number of carbonyl (C=O) groups excluding carboxylic acids is 1. The van der Waals surface area contributed by atoms with Crippen LogP contribution in [0.1, 0.15) is 40.9 Å². The smallest absolute Gasteiger partial charge is 0.306 e. The van der Waals surface area contributed by atoms with E-state index in [-0.39, 0.29) is 23.6 Å². The number of carbonyl (C=O) groups is 2. The van der Waals surface area contributed by atoms with Gasteiger partial charge in [-0.1, -0.05) is 0 Å². The van der Waals surface area contributed by atoms with Gasteiger partial charge in [0.25, 0.3) is 5.91 Å². The molecule has 0 spiro atoms. The Morgan fingerprint density at radius 3 is 2.59 bits per heavy atom. The fraction of sp³-hybridized carbons (Fsp3) is 0.412. The summed E-state index contributed by atoms with van der Waals surface area (Å²) in [6.45, 7) is 4.02. The van der Waals surface area contributed by atoms with Crippen molar-refractivity contribution in [1.82, 2.24) is 5.32 Å². The average molecular weight is 301 g/mol. The second-order valence-corrected chi connectivity index (χ2v) is 6.10. The van der Waals surface area contributed by atoms with E-state index in [4.69, 9.17) is 9.52 Å². The summed E-state index contributed by atoms with van der Waals surface area (Å²) in [6, 6.07) is 5.57. The summed E-state index contributed by atoms with van der Waals surface area (Å²) >= 11 is 0. The van der Waals surface area contributed by atoms with Crippen LogP contribution < -0.4 is 5.32 Å². The Labute approximate surface area is 128 Å². The molecule has 22 heavy (non-hydrogen) atoms. The summed E-state index contributed by atoms with van der Waals surface area (Å²) in [5.41, 5.74) is 2.97. The molecular formula is C17H19NO4. The predicted molar refractivity (Wildman–Crippen MR) is 81.9 cm³/mol. The number of carboxylic acids is 1. The van der Waals surface area contributed by atoms with Gasteiger partial charge in [-0.05, 0) is 62.4 Å². The van der Waals surface area contributed by atoms with Crippen molar-refractivity contribution >= 4 is 22.8 Å². The van der Waals surface area contributed by atoms with Crippen LogP contribution in [0, 0.1) is 19.8 Å². The topological polar surface area (TPSA) is 79.5 Å². The zero-order valence-corrected chi connectivity index (χ0v) is 12.7. The van der Waals surface area contributed by atoms with Crippen molar-refractivity contribution in [3.05, 3.63) is 35.1 Å². The quantitative estimate of drug-likeness (QED) is 0.913. The zero-order valence-electron chi connectivity index (χ0n) is 12.7. The molecule has 1 amide bonds. The Morgan fingerprint density at radius 2 is 1.91 bits per heavy atom. The second kappa shape index (κ2) is 5.48. The first-order valence-corrected chi connectivity index (χ1v) is 7.48. The number of aryl methyl sites for hydroxylation is 2. The highest BCUT2D eigenvalue weighted by molar-refractivity contribution is 5.96. The van der Waals surface area contributed by atoms with Crippen LogP contribution in [-0.2, 0) is 4.79 Å². The van der Waals surface area contributed by atoms with E-state index in [1.807, 2.05) is 26.0 Å².